The van der Waals surface area contributed by atoms with Gasteiger partial charge in [-0.25, -0.2) is 9.37 Å². The van der Waals surface area contributed by atoms with Gasteiger partial charge in [-0.1, -0.05) is 48.5 Å². The molecule has 0 saturated carbocycles. The number of aryl methyl sites for hydroxylation is 1. The molecule has 0 aliphatic carbocycles. The number of phenolic OH excluding ortho intramolecular Hbond substituents is 1. The Morgan fingerprint density at radius 2 is 1.62 bits per heavy atom. The highest BCUT2D eigenvalue weighted by Crippen LogP contribution is 2.45. The lowest BCUT2D eigenvalue weighted by molar-refractivity contribution is 0.0600. The zero-order chi connectivity index (χ0) is 28.8. The molecule has 2 bridgehead atoms. The number of carbonyl (C=O) groups excluding carboxylic acids is 1. The first kappa shape index (κ1) is 27.1. The van der Waals surface area contributed by atoms with Crippen LogP contribution in [0.5, 0.6) is 5.75 Å². The summed E-state index contributed by atoms with van der Waals surface area (Å²) in [5.41, 5.74) is 3.41. The Labute approximate surface area is 246 Å². The summed E-state index contributed by atoms with van der Waals surface area (Å²) in [6.45, 7) is 4.28. The Morgan fingerprint density at radius 3 is 2.33 bits per heavy atom. The summed E-state index contributed by atoms with van der Waals surface area (Å²) in [6.07, 6.45) is 7.50. The number of aromatic nitrogens is 2. The van der Waals surface area contributed by atoms with Crippen LogP contribution < -0.4 is 0 Å². The first-order chi connectivity index (χ1) is 20.4. The van der Waals surface area contributed by atoms with Crippen molar-refractivity contribution in [2.75, 3.05) is 19.6 Å². The molecule has 42 heavy (non-hydrogen) atoms. The lowest BCUT2D eigenvalue weighted by Gasteiger charge is -2.45. The fraction of sp³-hybridized carbons (Fsp3) is 0.429. The number of amides is 1. The van der Waals surface area contributed by atoms with Crippen LogP contribution in [0.4, 0.5) is 4.39 Å². The number of hydrogen-bond acceptors (Lipinski definition) is 4. The van der Waals surface area contributed by atoms with Crippen molar-refractivity contribution >= 4 is 16.9 Å². The molecule has 1 aromatic heterocycles. The van der Waals surface area contributed by atoms with Crippen molar-refractivity contribution < 1.29 is 14.3 Å². The van der Waals surface area contributed by atoms with Gasteiger partial charge in [0.1, 0.15) is 23.0 Å². The zero-order valence-corrected chi connectivity index (χ0v) is 24.3. The van der Waals surface area contributed by atoms with Crippen LogP contribution in [0.2, 0.25) is 0 Å². The molecule has 1 amide bonds. The Hall–Kier alpha value is -3.71. The van der Waals surface area contributed by atoms with Crippen molar-refractivity contribution in [3.8, 4) is 5.75 Å². The Morgan fingerprint density at radius 1 is 0.929 bits per heavy atom. The number of carbonyl (C=O) groups is 1. The van der Waals surface area contributed by atoms with Crippen LogP contribution in [0, 0.1) is 12.7 Å². The molecule has 3 saturated heterocycles. The van der Waals surface area contributed by atoms with Crippen LogP contribution in [0.25, 0.3) is 11.0 Å². The topological polar surface area (TPSA) is 61.6 Å². The van der Waals surface area contributed by atoms with E-state index >= 15 is 0 Å². The van der Waals surface area contributed by atoms with E-state index in [0.717, 1.165) is 50.0 Å². The van der Waals surface area contributed by atoms with Crippen LogP contribution in [0.3, 0.4) is 0 Å². The Kier molecular flexibility index (Phi) is 7.01. The smallest absolute Gasteiger partial charge is 0.260 e. The number of aromatic hydroxyl groups is 1. The van der Waals surface area contributed by atoms with E-state index in [2.05, 4.69) is 71.0 Å². The molecule has 4 heterocycles. The van der Waals surface area contributed by atoms with Gasteiger partial charge in [0.15, 0.2) is 0 Å². The average molecular weight is 567 g/mol. The average Bonchev–Trinajstić information content (AvgIpc) is 3.47. The van der Waals surface area contributed by atoms with Crippen molar-refractivity contribution in [2.24, 2.45) is 0 Å². The molecule has 1 N–H and O–H groups in total. The molecule has 3 aromatic carbocycles. The number of hydrogen-bond donors (Lipinski definition) is 1. The van der Waals surface area contributed by atoms with Crippen LogP contribution >= 0.6 is 0 Å². The second-order valence-electron chi connectivity index (χ2n) is 12.6. The van der Waals surface area contributed by atoms with E-state index in [1.165, 1.54) is 42.1 Å². The van der Waals surface area contributed by atoms with Gasteiger partial charge in [-0.2, -0.15) is 0 Å². The molecule has 3 aliphatic heterocycles. The van der Waals surface area contributed by atoms with Gasteiger partial charge < -0.3 is 14.6 Å². The number of para-hydroxylation sites is 2. The molecule has 7 heteroatoms. The van der Waals surface area contributed by atoms with E-state index in [4.69, 9.17) is 4.98 Å². The van der Waals surface area contributed by atoms with E-state index in [1.54, 1.807) is 4.90 Å². The molecule has 0 radical (unpaired) electrons. The highest BCUT2D eigenvalue weighted by Gasteiger charge is 2.44. The lowest BCUT2D eigenvalue weighted by Crippen LogP contribution is -2.49. The fourth-order valence-corrected chi connectivity index (χ4v) is 8.29. The first-order valence-electron chi connectivity index (χ1n) is 15.5. The third-order valence-electron chi connectivity index (χ3n) is 10.4. The SMILES string of the molecule is Cc1nc2ccccc2n1C1C[C@H]2CC[C@@H](C1)N2CCC1(c2ccccc2)CCN(C(=O)c2c(O)cccc2F)CC1. The monoisotopic (exact) mass is 566 g/mol. The van der Waals surface area contributed by atoms with E-state index in [-0.39, 0.29) is 16.7 Å². The molecule has 218 valence electrons. The fourth-order valence-electron chi connectivity index (χ4n) is 8.29. The summed E-state index contributed by atoms with van der Waals surface area (Å²) in [7, 11) is 0. The summed E-state index contributed by atoms with van der Waals surface area (Å²) in [5, 5.41) is 10.2. The highest BCUT2D eigenvalue weighted by molar-refractivity contribution is 5.97. The number of benzene rings is 3. The first-order valence-corrected chi connectivity index (χ1v) is 15.5. The van der Waals surface area contributed by atoms with Crippen molar-refractivity contribution in [1.82, 2.24) is 19.4 Å². The van der Waals surface area contributed by atoms with E-state index in [1.807, 2.05) is 0 Å². The van der Waals surface area contributed by atoms with Gasteiger partial charge in [-0.3, -0.25) is 9.69 Å². The quantitative estimate of drug-likeness (QED) is 0.285. The Balaban J connectivity index is 1.07. The van der Waals surface area contributed by atoms with Gasteiger partial charge in [0.25, 0.3) is 5.91 Å². The molecule has 3 fully saturated rings. The van der Waals surface area contributed by atoms with Crippen molar-refractivity contribution in [2.45, 2.75) is 75.4 Å². The Bertz CT molecular complexity index is 1560. The summed E-state index contributed by atoms with van der Waals surface area (Å²) in [4.78, 5) is 22.6. The third-order valence-corrected chi connectivity index (χ3v) is 10.4. The minimum Gasteiger partial charge on any atom is -0.507 e. The highest BCUT2D eigenvalue weighted by atomic mass is 19.1. The minimum atomic E-state index is -0.669. The number of piperidine rings is 2. The van der Waals surface area contributed by atoms with Crippen LogP contribution in [-0.4, -0.2) is 62.1 Å². The van der Waals surface area contributed by atoms with Crippen LogP contribution in [-0.2, 0) is 5.41 Å². The van der Waals surface area contributed by atoms with Crippen molar-refractivity contribution in [3.63, 3.8) is 0 Å². The maximum Gasteiger partial charge on any atom is 0.260 e. The van der Waals surface area contributed by atoms with Gasteiger partial charge in [0.05, 0.1) is 11.0 Å². The number of phenols is 1. The predicted molar refractivity (Wildman–Crippen MR) is 162 cm³/mol. The van der Waals surface area contributed by atoms with Crippen LogP contribution in [0.15, 0.2) is 72.8 Å². The second-order valence-corrected chi connectivity index (χ2v) is 12.6. The van der Waals surface area contributed by atoms with Gasteiger partial charge in [-0.05, 0) is 93.7 Å². The molecule has 1 unspecified atom stereocenters. The standard InChI is InChI=1S/C35H39FN4O2/c1-24-37-30-11-5-6-12-31(30)40(24)28-22-26-14-15-27(23-28)39(26)21-18-35(25-8-3-2-4-9-25)16-19-38(20-17-35)34(42)33-29(36)10-7-13-32(33)41/h2-13,26-28,41H,14-23H2,1H3/t26-,27+,28?. The number of fused-ring (bicyclic) bond motifs is 3. The maximum absolute atomic E-state index is 14.5. The summed E-state index contributed by atoms with van der Waals surface area (Å²) >= 11 is 0. The molecule has 3 atom stereocenters. The van der Waals surface area contributed by atoms with Gasteiger partial charge >= 0.3 is 0 Å². The number of halogens is 1. The summed E-state index contributed by atoms with van der Waals surface area (Å²) in [5.74, 6) is -0.271. The lowest BCUT2D eigenvalue weighted by atomic mass is 9.70. The van der Waals surface area contributed by atoms with E-state index in [9.17, 15) is 14.3 Å². The molecule has 4 aromatic rings. The normalized spacial score (nSPS) is 23.9. The van der Waals surface area contributed by atoms with Crippen LogP contribution in [0.1, 0.15) is 72.7 Å². The van der Waals surface area contributed by atoms with Gasteiger partial charge in [0, 0.05) is 31.2 Å². The maximum atomic E-state index is 14.5. The van der Waals surface area contributed by atoms with Crippen molar-refractivity contribution in [3.05, 3.63) is 95.6 Å². The minimum absolute atomic E-state index is 0.0389. The number of rotatable bonds is 6. The number of imidazole rings is 1. The van der Waals surface area contributed by atoms with E-state index < -0.39 is 11.7 Å². The summed E-state index contributed by atoms with van der Waals surface area (Å²) in [6, 6.07) is 24.9. The predicted octanol–water partition coefficient (Wildman–Crippen LogP) is 6.62. The van der Waals surface area contributed by atoms with Gasteiger partial charge in [-0.15, -0.1) is 0 Å². The molecule has 3 aliphatic rings. The molecule has 7 rings (SSSR count). The third kappa shape index (κ3) is 4.68. The second kappa shape index (κ2) is 10.8. The number of nitrogens with zero attached hydrogens (tertiary/aromatic N) is 4. The van der Waals surface area contributed by atoms with E-state index in [0.29, 0.717) is 31.2 Å². The van der Waals surface area contributed by atoms with Crippen molar-refractivity contribution in [1.29, 1.82) is 0 Å². The zero-order valence-electron chi connectivity index (χ0n) is 24.3. The molecular formula is C35H39FN4O2. The largest absolute Gasteiger partial charge is 0.507 e. The number of likely N-dealkylation sites (tertiary alicyclic amines) is 1. The molecule has 0 spiro atoms. The molecular weight excluding hydrogens is 527 g/mol. The molecule has 6 nitrogen and oxygen atoms in total. The van der Waals surface area contributed by atoms with Gasteiger partial charge in [0.2, 0.25) is 0 Å². The summed E-state index contributed by atoms with van der Waals surface area (Å²) < 4.78 is 17.0.